The lowest BCUT2D eigenvalue weighted by molar-refractivity contribution is -0.129. The summed E-state index contributed by atoms with van der Waals surface area (Å²) in [6, 6.07) is 18.6. The van der Waals surface area contributed by atoms with Gasteiger partial charge in [-0.25, -0.2) is 0 Å². The maximum atomic E-state index is 12.5. The van der Waals surface area contributed by atoms with E-state index in [2.05, 4.69) is 0 Å². The molecule has 0 saturated carbocycles. The highest BCUT2D eigenvalue weighted by Gasteiger charge is 2.33. The summed E-state index contributed by atoms with van der Waals surface area (Å²) in [4.78, 5) is 14.4. The van der Waals surface area contributed by atoms with Gasteiger partial charge in [0.15, 0.2) is 0 Å². The molecular weight excluding hydrogens is 334 g/mol. The molecule has 0 aromatic heterocycles. The lowest BCUT2D eigenvalue weighted by Gasteiger charge is -2.31. The highest BCUT2D eigenvalue weighted by atomic mass is 35.5. The van der Waals surface area contributed by atoms with E-state index < -0.39 is 6.04 Å². The van der Waals surface area contributed by atoms with Crippen LogP contribution >= 0.6 is 11.6 Å². The molecule has 1 atom stereocenters. The summed E-state index contributed by atoms with van der Waals surface area (Å²) in [6.45, 7) is 0.664. The molecule has 1 saturated heterocycles. The first-order chi connectivity index (χ1) is 12.2. The second-order valence-corrected chi connectivity index (χ2v) is 6.74. The van der Waals surface area contributed by atoms with Crippen LogP contribution in [-0.4, -0.2) is 22.5 Å². The predicted molar refractivity (Wildman–Crippen MR) is 99.9 cm³/mol. The number of hydrogen-bond acceptors (Lipinski definition) is 2. The Morgan fingerprint density at radius 2 is 1.76 bits per heavy atom. The van der Waals surface area contributed by atoms with Gasteiger partial charge in [0.05, 0.1) is 6.04 Å². The van der Waals surface area contributed by atoms with Crippen LogP contribution in [-0.2, 0) is 4.79 Å². The molecule has 0 bridgehead atoms. The summed E-state index contributed by atoms with van der Waals surface area (Å²) in [6.07, 6.45) is 1.36. The fraction of sp³-hybridized carbons (Fsp3) is 0.190. The van der Waals surface area contributed by atoms with Gasteiger partial charge in [0.25, 0.3) is 0 Å². The van der Waals surface area contributed by atoms with E-state index in [0.717, 1.165) is 28.3 Å². The molecule has 1 unspecified atom stereocenters. The van der Waals surface area contributed by atoms with Crippen LogP contribution in [0.15, 0.2) is 60.7 Å². The number of hydrogen-bond donors (Lipinski definition) is 1. The highest BCUT2D eigenvalue weighted by Crippen LogP contribution is 2.42. The molecule has 4 heteroatoms. The summed E-state index contributed by atoms with van der Waals surface area (Å²) >= 11 is 6.48. The van der Waals surface area contributed by atoms with Gasteiger partial charge in [0, 0.05) is 23.6 Å². The van der Waals surface area contributed by atoms with Gasteiger partial charge in [-0.3, -0.25) is 4.79 Å². The number of fused-ring (bicyclic) bond motifs is 1. The zero-order chi connectivity index (χ0) is 17.4. The molecule has 1 heterocycles. The summed E-state index contributed by atoms with van der Waals surface area (Å²) in [5.74, 6) is 0.278. The molecule has 0 radical (unpaired) electrons. The summed E-state index contributed by atoms with van der Waals surface area (Å²) < 4.78 is 0. The second kappa shape index (κ2) is 6.41. The average molecular weight is 352 g/mol. The van der Waals surface area contributed by atoms with E-state index in [1.165, 1.54) is 0 Å². The minimum Gasteiger partial charge on any atom is -0.508 e. The molecule has 1 amide bonds. The largest absolute Gasteiger partial charge is 0.508 e. The number of carbonyl (C=O) groups is 1. The first kappa shape index (κ1) is 16.0. The molecule has 1 aliphatic heterocycles. The van der Waals surface area contributed by atoms with Crippen molar-refractivity contribution in [2.75, 3.05) is 6.54 Å². The number of phenolic OH excluding ortho intramolecular Hbond substituents is 1. The number of likely N-dealkylation sites (tertiary alicyclic amines) is 1. The molecule has 0 aliphatic carbocycles. The van der Waals surface area contributed by atoms with Crippen LogP contribution < -0.4 is 0 Å². The highest BCUT2D eigenvalue weighted by molar-refractivity contribution is 6.31. The van der Waals surface area contributed by atoms with Crippen molar-refractivity contribution in [1.82, 2.24) is 4.90 Å². The van der Waals surface area contributed by atoms with Crippen LogP contribution in [0.4, 0.5) is 0 Å². The lowest BCUT2D eigenvalue weighted by Crippen LogP contribution is -2.31. The SMILES string of the molecule is O=C1CCCN1C(c1ccccc1Cl)c1c(O)ccc2ccccc12. The van der Waals surface area contributed by atoms with Crippen LogP contribution in [0.3, 0.4) is 0 Å². The molecule has 1 fully saturated rings. The molecule has 1 aliphatic rings. The van der Waals surface area contributed by atoms with Gasteiger partial charge in [-0.1, -0.05) is 60.1 Å². The Kier molecular flexibility index (Phi) is 4.10. The van der Waals surface area contributed by atoms with Crippen molar-refractivity contribution in [3.05, 3.63) is 76.8 Å². The van der Waals surface area contributed by atoms with Gasteiger partial charge in [-0.15, -0.1) is 0 Å². The van der Waals surface area contributed by atoms with Crippen molar-refractivity contribution in [3.8, 4) is 5.75 Å². The Hall–Kier alpha value is -2.52. The number of benzene rings is 3. The number of carbonyl (C=O) groups excluding carboxylic acids is 1. The number of rotatable bonds is 3. The van der Waals surface area contributed by atoms with E-state index in [4.69, 9.17) is 11.6 Å². The molecule has 4 rings (SSSR count). The maximum absolute atomic E-state index is 12.5. The normalized spacial score (nSPS) is 15.7. The molecule has 1 N–H and O–H groups in total. The van der Waals surface area contributed by atoms with Gasteiger partial charge in [0.1, 0.15) is 5.75 Å². The third-order valence-electron chi connectivity index (χ3n) is 4.84. The van der Waals surface area contributed by atoms with Crippen LogP contribution in [0, 0.1) is 0 Å². The van der Waals surface area contributed by atoms with Gasteiger partial charge < -0.3 is 10.0 Å². The predicted octanol–water partition coefficient (Wildman–Crippen LogP) is 4.91. The van der Waals surface area contributed by atoms with Crippen LogP contribution in [0.5, 0.6) is 5.75 Å². The summed E-state index contributed by atoms with van der Waals surface area (Å²) in [5, 5.41) is 13.3. The lowest BCUT2D eigenvalue weighted by atomic mass is 9.91. The van der Waals surface area contributed by atoms with E-state index in [0.29, 0.717) is 18.0 Å². The minimum absolute atomic E-state index is 0.0947. The Morgan fingerprint density at radius 1 is 1.00 bits per heavy atom. The number of phenols is 1. The van der Waals surface area contributed by atoms with Crippen LogP contribution in [0.2, 0.25) is 5.02 Å². The first-order valence-electron chi connectivity index (χ1n) is 8.41. The number of aromatic hydroxyl groups is 1. The average Bonchev–Trinajstić information content (AvgIpc) is 3.04. The van der Waals surface area contributed by atoms with Crippen molar-refractivity contribution >= 4 is 28.3 Å². The van der Waals surface area contributed by atoms with Crippen molar-refractivity contribution in [2.24, 2.45) is 0 Å². The molecule has 126 valence electrons. The van der Waals surface area contributed by atoms with Crippen molar-refractivity contribution in [3.63, 3.8) is 0 Å². The van der Waals surface area contributed by atoms with Crippen LogP contribution in [0.1, 0.15) is 30.0 Å². The zero-order valence-corrected chi connectivity index (χ0v) is 14.4. The topological polar surface area (TPSA) is 40.5 Å². The summed E-state index contributed by atoms with van der Waals surface area (Å²) in [5.41, 5.74) is 1.58. The molecule has 3 aromatic carbocycles. The Labute approximate surface area is 151 Å². The maximum Gasteiger partial charge on any atom is 0.223 e. The van der Waals surface area contributed by atoms with E-state index >= 15 is 0 Å². The summed E-state index contributed by atoms with van der Waals surface area (Å²) in [7, 11) is 0. The Balaban J connectivity index is 2.01. The molecule has 3 nitrogen and oxygen atoms in total. The van der Waals surface area contributed by atoms with E-state index in [9.17, 15) is 9.90 Å². The minimum atomic E-state index is -0.394. The van der Waals surface area contributed by atoms with E-state index in [-0.39, 0.29) is 11.7 Å². The van der Waals surface area contributed by atoms with Crippen molar-refractivity contribution in [2.45, 2.75) is 18.9 Å². The number of halogens is 1. The molecular formula is C21H18ClNO2. The Bertz CT molecular complexity index is 954. The smallest absolute Gasteiger partial charge is 0.223 e. The van der Waals surface area contributed by atoms with Crippen LogP contribution in [0.25, 0.3) is 10.8 Å². The van der Waals surface area contributed by atoms with Gasteiger partial charge in [-0.2, -0.15) is 0 Å². The van der Waals surface area contributed by atoms with Gasteiger partial charge >= 0.3 is 0 Å². The van der Waals surface area contributed by atoms with E-state index in [1.54, 1.807) is 6.07 Å². The zero-order valence-electron chi connectivity index (χ0n) is 13.7. The third kappa shape index (κ3) is 2.75. The van der Waals surface area contributed by atoms with Crippen molar-refractivity contribution < 1.29 is 9.90 Å². The first-order valence-corrected chi connectivity index (χ1v) is 8.79. The van der Waals surface area contributed by atoms with Gasteiger partial charge in [0.2, 0.25) is 5.91 Å². The van der Waals surface area contributed by atoms with Crippen molar-refractivity contribution in [1.29, 1.82) is 0 Å². The number of nitrogens with zero attached hydrogens (tertiary/aromatic N) is 1. The molecule has 3 aromatic rings. The fourth-order valence-corrected chi connectivity index (χ4v) is 3.93. The van der Waals surface area contributed by atoms with Gasteiger partial charge in [-0.05, 0) is 34.9 Å². The standard InChI is InChI=1S/C21H18ClNO2/c22-17-9-4-3-8-16(17)21(23-13-5-10-19(23)25)20-15-7-2-1-6-14(15)11-12-18(20)24/h1-4,6-9,11-12,21,24H,5,10,13H2. The second-order valence-electron chi connectivity index (χ2n) is 6.33. The van der Waals surface area contributed by atoms with E-state index in [1.807, 2.05) is 59.5 Å². The quantitative estimate of drug-likeness (QED) is 0.728. The fourth-order valence-electron chi connectivity index (χ4n) is 3.69. The molecule has 25 heavy (non-hydrogen) atoms. The number of amides is 1. The third-order valence-corrected chi connectivity index (χ3v) is 5.19. The molecule has 0 spiro atoms. The monoisotopic (exact) mass is 351 g/mol. The Morgan fingerprint density at radius 3 is 2.52 bits per heavy atom.